The van der Waals surface area contributed by atoms with Crippen molar-refractivity contribution >= 4 is 40.9 Å². The zero-order valence-corrected chi connectivity index (χ0v) is 21.4. The van der Waals surface area contributed by atoms with Gasteiger partial charge in [-0.15, -0.1) is 0 Å². The molecular formula is C27H23Cl2F3N4O. The molecule has 192 valence electrons. The van der Waals surface area contributed by atoms with Crippen molar-refractivity contribution in [2.75, 3.05) is 0 Å². The second-order valence-corrected chi connectivity index (χ2v) is 10.1. The van der Waals surface area contributed by atoms with Gasteiger partial charge in [0, 0.05) is 21.7 Å². The fraction of sp³-hybridized carbons (Fsp3) is 0.296. The number of carbonyl (C=O) groups excluding carboxylic acids is 1. The summed E-state index contributed by atoms with van der Waals surface area (Å²) in [5.41, 5.74) is 2.91. The molecule has 5 nitrogen and oxygen atoms in total. The predicted octanol–water partition coefficient (Wildman–Crippen LogP) is 7.34. The molecule has 0 radical (unpaired) electrons. The molecule has 0 spiro atoms. The van der Waals surface area contributed by atoms with E-state index in [2.05, 4.69) is 11.2 Å². The first-order valence-corrected chi connectivity index (χ1v) is 12.6. The largest absolute Gasteiger partial charge is 0.435 e. The van der Waals surface area contributed by atoms with Gasteiger partial charge in [-0.25, -0.2) is 5.01 Å². The van der Waals surface area contributed by atoms with Crippen molar-refractivity contribution in [3.8, 4) is 0 Å². The Balaban J connectivity index is 1.51. The molecule has 1 amide bonds. The third-order valence-electron chi connectivity index (χ3n) is 6.74. The van der Waals surface area contributed by atoms with Gasteiger partial charge in [0.15, 0.2) is 5.69 Å². The van der Waals surface area contributed by atoms with Gasteiger partial charge in [0.05, 0.1) is 11.8 Å². The van der Waals surface area contributed by atoms with Crippen molar-refractivity contribution in [1.82, 2.24) is 14.8 Å². The Morgan fingerprint density at radius 3 is 2.35 bits per heavy atom. The predicted molar refractivity (Wildman–Crippen MR) is 137 cm³/mol. The van der Waals surface area contributed by atoms with Crippen LogP contribution in [0, 0.1) is 12.8 Å². The third kappa shape index (κ3) is 5.31. The molecule has 2 heterocycles. The molecule has 1 aliphatic carbocycles. The van der Waals surface area contributed by atoms with Crippen molar-refractivity contribution in [2.24, 2.45) is 11.0 Å². The van der Waals surface area contributed by atoms with E-state index >= 15 is 0 Å². The molecule has 1 fully saturated rings. The van der Waals surface area contributed by atoms with E-state index in [-0.39, 0.29) is 18.2 Å². The first-order valence-electron chi connectivity index (χ1n) is 11.8. The summed E-state index contributed by atoms with van der Waals surface area (Å²) in [5, 5.41) is 11.0. The lowest BCUT2D eigenvalue weighted by Crippen LogP contribution is -2.34. The Bertz CT molecular complexity index is 1380. The maximum Gasteiger partial charge on any atom is 0.435 e. The standard InChI is InChI=1S/C27H23Cl2F3N4O/c1-16-13-23(27(30,31)32)33-35(16)15-24(37)36-26(18-7-11-21(29)12-8-18)22-4-2-3-19(25(22)34-36)14-17-5-9-20(28)10-6-17/h5-14,22,26H,2-4,15H2,1H3/b19-14-. The molecular weight excluding hydrogens is 524 g/mol. The van der Waals surface area contributed by atoms with Crippen LogP contribution in [0.5, 0.6) is 0 Å². The van der Waals surface area contributed by atoms with Crippen LogP contribution in [0.4, 0.5) is 13.2 Å². The topological polar surface area (TPSA) is 50.5 Å². The molecule has 0 saturated heterocycles. The Hall–Kier alpha value is -3.10. The van der Waals surface area contributed by atoms with Crippen molar-refractivity contribution in [3.63, 3.8) is 0 Å². The van der Waals surface area contributed by atoms with Crippen LogP contribution in [-0.4, -0.2) is 26.4 Å². The molecule has 2 aromatic carbocycles. The minimum absolute atomic E-state index is 0.0538. The Kier molecular flexibility index (Phi) is 6.89. The molecule has 2 unspecified atom stereocenters. The van der Waals surface area contributed by atoms with Crippen LogP contribution in [0.3, 0.4) is 0 Å². The summed E-state index contributed by atoms with van der Waals surface area (Å²) in [7, 11) is 0. The highest BCUT2D eigenvalue weighted by Crippen LogP contribution is 2.44. The van der Waals surface area contributed by atoms with Crippen LogP contribution in [-0.2, 0) is 17.5 Å². The second kappa shape index (κ2) is 9.99. The number of fused-ring (bicyclic) bond motifs is 1. The van der Waals surface area contributed by atoms with Crippen LogP contribution >= 0.6 is 23.2 Å². The summed E-state index contributed by atoms with van der Waals surface area (Å²) in [5.74, 6) is -0.491. The number of aryl methyl sites for hydroxylation is 1. The lowest BCUT2D eigenvalue weighted by atomic mass is 9.77. The molecule has 0 bridgehead atoms. The van der Waals surface area contributed by atoms with Gasteiger partial charge < -0.3 is 0 Å². The van der Waals surface area contributed by atoms with Gasteiger partial charge in [-0.2, -0.15) is 23.4 Å². The fourth-order valence-corrected chi connectivity index (χ4v) is 5.22. The molecule has 1 aliphatic heterocycles. The highest BCUT2D eigenvalue weighted by Gasteiger charge is 2.44. The maximum absolute atomic E-state index is 13.5. The Labute approximate surface area is 222 Å². The minimum Gasteiger partial charge on any atom is -0.271 e. The van der Waals surface area contributed by atoms with Crippen LogP contribution in [0.2, 0.25) is 10.0 Å². The zero-order valence-electron chi connectivity index (χ0n) is 19.8. The summed E-state index contributed by atoms with van der Waals surface area (Å²) in [6.45, 7) is 1.14. The van der Waals surface area contributed by atoms with E-state index in [0.29, 0.717) is 10.0 Å². The van der Waals surface area contributed by atoms with Gasteiger partial charge in [0.25, 0.3) is 5.91 Å². The summed E-state index contributed by atoms with van der Waals surface area (Å²) >= 11 is 12.1. The molecule has 3 aromatic rings. The van der Waals surface area contributed by atoms with Gasteiger partial charge in [0.1, 0.15) is 6.54 Å². The number of benzene rings is 2. The summed E-state index contributed by atoms with van der Waals surface area (Å²) in [6.07, 6.45) is 0.0202. The highest BCUT2D eigenvalue weighted by atomic mass is 35.5. The Morgan fingerprint density at radius 1 is 1.08 bits per heavy atom. The van der Waals surface area contributed by atoms with Crippen LogP contribution in [0.1, 0.15) is 47.8 Å². The van der Waals surface area contributed by atoms with E-state index in [1.54, 1.807) is 12.1 Å². The van der Waals surface area contributed by atoms with E-state index < -0.39 is 23.8 Å². The van der Waals surface area contributed by atoms with Gasteiger partial charge in [-0.3, -0.25) is 9.48 Å². The van der Waals surface area contributed by atoms with Crippen LogP contribution < -0.4 is 0 Å². The molecule has 0 N–H and O–H groups in total. The molecule has 1 saturated carbocycles. The SMILES string of the molecule is Cc1cc(C(F)(F)F)nn1CC(=O)N1N=C2/C(=C\c3ccc(Cl)cc3)CCCC2C1c1ccc(Cl)cc1. The van der Waals surface area contributed by atoms with E-state index in [1.807, 2.05) is 36.4 Å². The average Bonchev–Trinajstić information content (AvgIpc) is 3.43. The van der Waals surface area contributed by atoms with Crippen LogP contribution in [0.15, 0.2) is 65.3 Å². The molecule has 5 rings (SSSR count). The zero-order chi connectivity index (χ0) is 26.3. The molecule has 10 heteroatoms. The van der Waals surface area contributed by atoms with Crippen molar-refractivity contribution in [3.05, 3.63) is 92.7 Å². The number of allylic oxidation sites excluding steroid dienone is 1. The monoisotopic (exact) mass is 546 g/mol. The van der Waals surface area contributed by atoms with E-state index in [1.165, 1.54) is 11.9 Å². The second-order valence-electron chi connectivity index (χ2n) is 9.27. The molecule has 1 aromatic heterocycles. The number of hydrogen-bond acceptors (Lipinski definition) is 3. The van der Waals surface area contributed by atoms with Gasteiger partial charge in [-0.05, 0) is 79.3 Å². The number of hydrazone groups is 1. The lowest BCUT2D eigenvalue weighted by Gasteiger charge is -2.29. The summed E-state index contributed by atoms with van der Waals surface area (Å²) < 4.78 is 40.6. The van der Waals surface area contributed by atoms with Gasteiger partial charge in [0.2, 0.25) is 0 Å². The fourth-order valence-electron chi connectivity index (χ4n) is 4.97. The van der Waals surface area contributed by atoms with E-state index in [9.17, 15) is 18.0 Å². The van der Waals surface area contributed by atoms with Crippen molar-refractivity contribution in [1.29, 1.82) is 0 Å². The van der Waals surface area contributed by atoms with Gasteiger partial charge >= 0.3 is 6.18 Å². The van der Waals surface area contributed by atoms with E-state index in [4.69, 9.17) is 28.3 Å². The molecule has 2 aliphatic rings. The first kappa shape index (κ1) is 25.5. The maximum atomic E-state index is 13.5. The number of hydrogen-bond donors (Lipinski definition) is 0. The van der Waals surface area contributed by atoms with Crippen LogP contribution in [0.25, 0.3) is 6.08 Å². The normalized spacial score (nSPS) is 20.8. The minimum atomic E-state index is -4.59. The number of rotatable bonds is 4. The first-order chi connectivity index (χ1) is 17.6. The number of amides is 1. The lowest BCUT2D eigenvalue weighted by molar-refractivity contribution is -0.142. The van der Waals surface area contributed by atoms with Crippen molar-refractivity contribution < 1.29 is 18.0 Å². The van der Waals surface area contributed by atoms with Crippen molar-refractivity contribution in [2.45, 2.75) is 44.9 Å². The number of halogens is 5. The number of carbonyl (C=O) groups is 1. The highest BCUT2D eigenvalue weighted by molar-refractivity contribution is 6.30. The molecule has 37 heavy (non-hydrogen) atoms. The average molecular weight is 547 g/mol. The third-order valence-corrected chi connectivity index (χ3v) is 7.24. The van der Waals surface area contributed by atoms with Gasteiger partial charge in [-0.1, -0.05) is 47.5 Å². The summed E-state index contributed by atoms with van der Waals surface area (Å²) in [6, 6.07) is 15.3. The number of aromatic nitrogens is 2. The molecule has 2 atom stereocenters. The Morgan fingerprint density at radius 2 is 1.73 bits per heavy atom. The van der Waals surface area contributed by atoms with E-state index in [0.717, 1.165) is 52.4 Å². The number of alkyl halides is 3. The smallest absolute Gasteiger partial charge is 0.271 e. The number of nitrogens with zero attached hydrogens (tertiary/aromatic N) is 4. The quantitative estimate of drug-likeness (QED) is 0.343. The summed E-state index contributed by atoms with van der Waals surface area (Å²) in [4.78, 5) is 13.5.